The molecule has 2 atom stereocenters. The SMILES string of the molecule is CC(=O)O[C@H]1CCCN(C(C)=O)[C@@H]1C=O. The Bertz CT molecular complexity index is 277. The second-order valence-corrected chi connectivity index (χ2v) is 3.63. The van der Waals surface area contributed by atoms with Crippen molar-refractivity contribution >= 4 is 18.2 Å². The Morgan fingerprint density at radius 1 is 1.40 bits per heavy atom. The van der Waals surface area contributed by atoms with Crippen LogP contribution in [0.3, 0.4) is 0 Å². The number of likely N-dealkylation sites (tertiary alicyclic amines) is 1. The fourth-order valence-corrected chi connectivity index (χ4v) is 1.85. The number of aldehydes is 1. The lowest BCUT2D eigenvalue weighted by atomic mass is 9.99. The molecule has 15 heavy (non-hydrogen) atoms. The summed E-state index contributed by atoms with van der Waals surface area (Å²) in [5.74, 6) is -0.582. The number of esters is 1. The number of amides is 1. The minimum Gasteiger partial charge on any atom is -0.460 e. The number of piperidine rings is 1. The molecule has 0 spiro atoms. The summed E-state index contributed by atoms with van der Waals surface area (Å²) >= 11 is 0. The molecule has 0 aromatic heterocycles. The van der Waals surface area contributed by atoms with Gasteiger partial charge in [0, 0.05) is 20.4 Å². The molecule has 1 rings (SSSR count). The lowest BCUT2D eigenvalue weighted by Crippen LogP contribution is -2.52. The van der Waals surface area contributed by atoms with Gasteiger partial charge in [-0.25, -0.2) is 0 Å². The summed E-state index contributed by atoms with van der Waals surface area (Å²) in [6.07, 6.45) is 1.57. The largest absolute Gasteiger partial charge is 0.460 e. The van der Waals surface area contributed by atoms with Gasteiger partial charge in [0.1, 0.15) is 18.4 Å². The van der Waals surface area contributed by atoms with Crippen molar-refractivity contribution < 1.29 is 19.1 Å². The fraction of sp³-hybridized carbons (Fsp3) is 0.700. The molecule has 1 fully saturated rings. The molecule has 1 saturated heterocycles. The zero-order chi connectivity index (χ0) is 11.4. The summed E-state index contributed by atoms with van der Waals surface area (Å²) in [5.41, 5.74) is 0. The quantitative estimate of drug-likeness (QED) is 0.483. The molecule has 1 amide bonds. The lowest BCUT2D eigenvalue weighted by molar-refractivity contribution is -0.158. The molecular formula is C10H15NO4. The van der Waals surface area contributed by atoms with E-state index in [0.29, 0.717) is 19.3 Å². The molecule has 1 aliphatic heterocycles. The number of carbonyl (C=O) groups is 3. The normalized spacial score (nSPS) is 25.9. The predicted octanol–water partition coefficient (Wildman–Crippen LogP) is 0.128. The molecule has 84 valence electrons. The molecule has 0 saturated carbocycles. The second-order valence-electron chi connectivity index (χ2n) is 3.63. The van der Waals surface area contributed by atoms with Crippen molar-refractivity contribution in [2.45, 2.75) is 38.8 Å². The summed E-state index contributed by atoms with van der Waals surface area (Å²) in [6, 6.07) is -0.625. The number of hydrogen-bond acceptors (Lipinski definition) is 4. The Morgan fingerprint density at radius 3 is 2.53 bits per heavy atom. The van der Waals surface area contributed by atoms with E-state index in [0.717, 1.165) is 6.42 Å². The maximum absolute atomic E-state index is 11.2. The summed E-state index contributed by atoms with van der Waals surface area (Å²) in [7, 11) is 0. The third-order valence-electron chi connectivity index (χ3n) is 2.49. The summed E-state index contributed by atoms with van der Waals surface area (Å²) in [5, 5.41) is 0. The monoisotopic (exact) mass is 213 g/mol. The van der Waals surface area contributed by atoms with Crippen LogP contribution in [-0.4, -0.2) is 41.8 Å². The van der Waals surface area contributed by atoms with Crippen LogP contribution in [0.4, 0.5) is 0 Å². The van der Waals surface area contributed by atoms with E-state index in [1.807, 2.05) is 0 Å². The minimum absolute atomic E-state index is 0.163. The highest BCUT2D eigenvalue weighted by atomic mass is 16.5. The Kier molecular flexibility index (Phi) is 3.82. The van der Waals surface area contributed by atoms with Crippen LogP contribution in [0.2, 0.25) is 0 Å². The van der Waals surface area contributed by atoms with Crippen molar-refractivity contribution in [1.82, 2.24) is 4.90 Å². The van der Waals surface area contributed by atoms with Crippen LogP contribution in [0, 0.1) is 0 Å². The van der Waals surface area contributed by atoms with E-state index in [2.05, 4.69) is 0 Å². The van der Waals surface area contributed by atoms with E-state index >= 15 is 0 Å². The van der Waals surface area contributed by atoms with E-state index in [-0.39, 0.29) is 5.91 Å². The molecule has 5 nitrogen and oxygen atoms in total. The van der Waals surface area contributed by atoms with E-state index in [9.17, 15) is 14.4 Å². The average Bonchev–Trinajstić information content (AvgIpc) is 2.16. The highest BCUT2D eigenvalue weighted by Crippen LogP contribution is 2.19. The third kappa shape index (κ3) is 2.78. The second kappa shape index (κ2) is 4.91. The van der Waals surface area contributed by atoms with Crippen LogP contribution in [-0.2, 0) is 19.1 Å². The lowest BCUT2D eigenvalue weighted by Gasteiger charge is -2.36. The first kappa shape index (κ1) is 11.7. The van der Waals surface area contributed by atoms with Gasteiger partial charge in [-0.3, -0.25) is 9.59 Å². The first-order valence-corrected chi connectivity index (χ1v) is 4.96. The minimum atomic E-state index is -0.625. The highest BCUT2D eigenvalue weighted by Gasteiger charge is 2.34. The van der Waals surface area contributed by atoms with Crippen molar-refractivity contribution in [1.29, 1.82) is 0 Å². The van der Waals surface area contributed by atoms with Gasteiger partial charge in [-0.2, -0.15) is 0 Å². The van der Waals surface area contributed by atoms with Gasteiger partial charge < -0.3 is 14.4 Å². The maximum Gasteiger partial charge on any atom is 0.302 e. The van der Waals surface area contributed by atoms with Crippen LogP contribution >= 0.6 is 0 Å². The van der Waals surface area contributed by atoms with E-state index in [1.165, 1.54) is 18.7 Å². The van der Waals surface area contributed by atoms with Gasteiger partial charge in [0.05, 0.1) is 0 Å². The van der Waals surface area contributed by atoms with Crippen molar-refractivity contribution in [3.8, 4) is 0 Å². The zero-order valence-corrected chi connectivity index (χ0v) is 8.93. The molecule has 1 aliphatic rings. The van der Waals surface area contributed by atoms with Gasteiger partial charge in [-0.05, 0) is 12.8 Å². The summed E-state index contributed by atoms with van der Waals surface area (Å²) < 4.78 is 5.01. The van der Waals surface area contributed by atoms with Crippen LogP contribution < -0.4 is 0 Å². The molecule has 5 heteroatoms. The first-order valence-electron chi connectivity index (χ1n) is 4.96. The number of nitrogens with zero attached hydrogens (tertiary/aromatic N) is 1. The molecule has 0 N–H and O–H groups in total. The smallest absolute Gasteiger partial charge is 0.302 e. The molecule has 0 aromatic rings. The van der Waals surface area contributed by atoms with Crippen LogP contribution in [0.5, 0.6) is 0 Å². The molecule has 0 aromatic carbocycles. The van der Waals surface area contributed by atoms with Crippen molar-refractivity contribution in [3.05, 3.63) is 0 Å². The standard InChI is InChI=1S/C10H15NO4/c1-7(13)11-5-3-4-10(9(11)6-12)15-8(2)14/h6,9-10H,3-5H2,1-2H3/t9-,10+/m1/s1. The Labute approximate surface area is 88.4 Å². The van der Waals surface area contributed by atoms with Gasteiger partial charge in [0.25, 0.3) is 0 Å². The van der Waals surface area contributed by atoms with Gasteiger partial charge in [-0.1, -0.05) is 0 Å². The molecule has 1 heterocycles. The van der Waals surface area contributed by atoms with Gasteiger partial charge in [-0.15, -0.1) is 0 Å². The maximum atomic E-state index is 11.2. The molecule has 0 unspecified atom stereocenters. The first-order chi connectivity index (χ1) is 7.06. The summed E-state index contributed by atoms with van der Waals surface area (Å²) in [4.78, 5) is 34.4. The Balaban J connectivity index is 2.74. The molecular weight excluding hydrogens is 198 g/mol. The molecule has 0 aliphatic carbocycles. The third-order valence-corrected chi connectivity index (χ3v) is 2.49. The Hall–Kier alpha value is -1.39. The topological polar surface area (TPSA) is 63.7 Å². The average molecular weight is 213 g/mol. The van der Waals surface area contributed by atoms with Crippen LogP contribution in [0.15, 0.2) is 0 Å². The van der Waals surface area contributed by atoms with Crippen molar-refractivity contribution in [2.24, 2.45) is 0 Å². The Morgan fingerprint density at radius 2 is 2.07 bits per heavy atom. The number of hydrogen-bond donors (Lipinski definition) is 0. The van der Waals surface area contributed by atoms with Crippen LogP contribution in [0.1, 0.15) is 26.7 Å². The highest BCUT2D eigenvalue weighted by molar-refractivity contribution is 5.78. The molecule has 0 radical (unpaired) electrons. The number of rotatable bonds is 2. The van der Waals surface area contributed by atoms with Gasteiger partial charge in [0.15, 0.2) is 0 Å². The predicted molar refractivity (Wildman–Crippen MR) is 52.0 cm³/mol. The molecule has 0 bridgehead atoms. The van der Waals surface area contributed by atoms with Crippen LogP contribution in [0.25, 0.3) is 0 Å². The number of ether oxygens (including phenoxy) is 1. The fourth-order valence-electron chi connectivity index (χ4n) is 1.85. The number of carbonyl (C=O) groups excluding carboxylic acids is 3. The summed E-state index contributed by atoms with van der Waals surface area (Å²) in [6.45, 7) is 3.26. The van der Waals surface area contributed by atoms with E-state index < -0.39 is 18.1 Å². The van der Waals surface area contributed by atoms with E-state index in [1.54, 1.807) is 0 Å². The van der Waals surface area contributed by atoms with Gasteiger partial charge >= 0.3 is 5.97 Å². The van der Waals surface area contributed by atoms with Crippen molar-refractivity contribution in [2.75, 3.05) is 6.54 Å². The van der Waals surface area contributed by atoms with E-state index in [4.69, 9.17) is 4.74 Å². The van der Waals surface area contributed by atoms with Gasteiger partial charge in [0.2, 0.25) is 5.91 Å². The zero-order valence-electron chi connectivity index (χ0n) is 8.93. The van der Waals surface area contributed by atoms with Crippen molar-refractivity contribution in [3.63, 3.8) is 0 Å².